The maximum atomic E-state index is 6.05. The molecule has 5 rings (SSSR count). The van der Waals surface area contributed by atoms with Crippen molar-refractivity contribution in [1.82, 2.24) is 15.0 Å². The van der Waals surface area contributed by atoms with Crippen LogP contribution in [0.5, 0.6) is 5.75 Å². The average molecular weight is 601 g/mol. The van der Waals surface area contributed by atoms with Gasteiger partial charge in [0.2, 0.25) is 17.8 Å². The molecule has 10 heteroatoms. The molecular weight excluding hydrogens is 578 g/mol. The average Bonchev–Trinajstić information content (AvgIpc) is 2.94. The van der Waals surface area contributed by atoms with E-state index in [0.717, 1.165) is 27.0 Å². The molecule has 8 nitrogen and oxygen atoms in total. The number of nitrogens with zero attached hydrogens (tertiary/aromatic N) is 4. The summed E-state index contributed by atoms with van der Waals surface area (Å²) in [6.45, 7) is 0.392. The first-order valence-corrected chi connectivity index (χ1v) is 13.1. The van der Waals surface area contributed by atoms with Crippen LogP contribution < -0.4 is 20.8 Å². The molecule has 0 atom stereocenters. The van der Waals surface area contributed by atoms with Gasteiger partial charge < -0.3 is 15.4 Å². The van der Waals surface area contributed by atoms with Gasteiger partial charge in [0.05, 0.1) is 6.21 Å². The van der Waals surface area contributed by atoms with Gasteiger partial charge in [0.1, 0.15) is 12.4 Å². The molecule has 0 aliphatic carbocycles. The maximum Gasteiger partial charge on any atom is 0.250 e. The van der Waals surface area contributed by atoms with Crippen LogP contribution in [0.15, 0.2) is 113 Å². The molecular formula is C29H23BrClN7O. The van der Waals surface area contributed by atoms with Gasteiger partial charge in [0.15, 0.2) is 0 Å². The van der Waals surface area contributed by atoms with Crippen LogP contribution in [-0.2, 0) is 6.61 Å². The maximum absolute atomic E-state index is 6.05. The zero-order chi connectivity index (χ0) is 26.9. The Hall–Kier alpha value is -4.47. The van der Waals surface area contributed by atoms with Gasteiger partial charge >= 0.3 is 0 Å². The summed E-state index contributed by atoms with van der Waals surface area (Å²) in [7, 11) is 0. The molecule has 0 fully saturated rings. The molecule has 3 N–H and O–H groups in total. The number of ether oxygens (including phenoxy) is 1. The third-order valence-corrected chi connectivity index (χ3v) is 6.09. The Kier molecular flexibility index (Phi) is 8.62. The second-order valence-electron chi connectivity index (χ2n) is 8.26. The summed E-state index contributed by atoms with van der Waals surface area (Å²) in [6.07, 6.45) is 1.65. The molecule has 0 spiro atoms. The third-order valence-electron chi connectivity index (χ3n) is 5.34. The topological polar surface area (TPSA) is 96.4 Å². The lowest BCUT2D eigenvalue weighted by Gasteiger charge is -2.11. The second-order valence-corrected chi connectivity index (χ2v) is 9.61. The predicted octanol–water partition coefficient (Wildman–Crippen LogP) is 7.80. The van der Waals surface area contributed by atoms with Gasteiger partial charge in [-0.15, -0.1) is 0 Å². The Morgan fingerprint density at radius 2 is 1.33 bits per heavy atom. The number of nitrogens with one attached hydrogen (secondary N) is 3. The summed E-state index contributed by atoms with van der Waals surface area (Å²) in [5, 5.41) is 11.5. The SMILES string of the molecule is Clc1ccc(COc2ccc(Br)cc2/C=N\Nc2nc(Nc3ccccc3)nc(Nc3ccccc3)n2)cc1. The van der Waals surface area contributed by atoms with Crippen LogP contribution in [0.25, 0.3) is 0 Å². The van der Waals surface area contributed by atoms with Gasteiger partial charge in [-0.25, -0.2) is 5.43 Å². The van der Waals surface area contributed by atoms with Crippen LogP contribution in [0.2, 0.25) is 5.02 Å². The molecule has 0 saturated carbocycles. The van der Waals surface area contributed by atoms with Crippen molar-refractivity contribution in [3.63, 3.8) is 0 Å². The van der Waals surface area contributed by atoms with E-state index in [4.69, 9.17) is 16.3 Å². The first kappa shape index (κ1) is 26.1. The van der Waals surface area contributed by atoms with Crippen molar-refractivity contribution >= 4 is 63.0 Å². The Morgan fingerprint density at radius 1 is 0.744 bits per heavy atom. The van der Waals surface area contributed by atoms with E-state index in [2.05, 4.69) is 52.0 Å². The van der Waals surface area contributed by atoms with Crippen LogP contribution in [-0.4, -0.2) is 21.2 Å². The number of halogens is 2. The van der Waals surface area contributed by atoms with Crippen molar-refractivity contribution in [2.45, 2.75) is 6.61 Å². The number of hydrogen-bond donors (Lipinski definition) is 3. The zero-order valence-corrected chi connectivity index (χ0v) is 22.9. The summed E-state index contributed by atoms with van der Waals surface area (Å²) in [6, 6.07) is 32.6. The predicted molar refractivity (Wildman–Crippen MR) is 160 cm³/mol. The van der Waals surface area contributed by atoms with E-state index in [-0.39, 0.29) is 5.95 Å². The first-order chi connectivity index (χ1) is 19.1. The van der Waals surface area contributed by atoms with Crippen molar-refractivity contribution < 1.29 is 4.74 Å². The molecule has 4 aromatic carbocycles. The molecule has 0 amide bonds. The fourth-order valence-electron chi connectivity index (χ4n) is 3.49. The number of para-hydroxylation sites is 2. The molecule has 0 bridgehead atoms. The number of hydrogen-bond acceptors (Lipinski definition) is 8. The Labute approximate surface area is 239 Å². The van der Waals surface area contributed by atoms with Crippen molar-refractivity contribution in [2.24, 2.45) is 5.10 Å². The molecule has 194 valence electrons. The summed E-state index contributed by atoms with van der Waals surface area (Å²) < 4.78 is 6.94. The summed E-state index contributed by atoms with van der Waals surface area (Å²) in [5.41, 5.74) is 6.38. The van der Waals surface area contributed by atoms with Crippen LogP contribution in [0.3, 0.4) is 0 Å². The van der Waals surface area contributed by atoms with Gasteiger partial charge in [-0.2, -0.15) is 20.1 Å². The summed E-state index contributed by atoms with van der Waals surface area (Å²) in [4.78, 5) is 13.5. The van der Waals surface area contributed by atoms with Gasteiger partial charge in [-0.05, 0) is 60.2 Å². The van der Waals surface area contributed by atoms with Gasteiger partial charge in [0, 0.05) is 26.4 Å². The van der Waals surface area contributed by atoms with E-state index in [1.807, 2.05) is 103 Å². The quantitative estimate of drug-likeness (QED) is 0.111. The molecule has 0 aliphatic rings. The largest absolute Gasteiger partial charge is 0.488 e. The van der Waals surface area contributed by atoms with Gasteiger partial charge in [-0.1, -0.05) is 76.1 Å². The lowest BCUT2D eigenvalue weighted by Crippen LogP contribution is -2.07. The Morgan fingerprint density at radius 3 is 1.95 bits per heavy atom. The van der Waals surface area contributed by atoms with Crippen LogP contribution in [0.1, 0.15) is 11.1 Å². The standard InChI is InChI=1S/C29H23BrClN7O/c30-22-13-16-26(39-19-20-11-14-23(31)15-12-20)21(17-22)18-32-38-29-36-27(33-24-7-3-1-4-8-24)35-28(37-29)34-25-9-5-2-6-10-25/h1-18H,19H2,(H3,33,34,35,36,37,38)/b32-18-. The monoisotopic (exact) mass is 599 g/mol. The lowest BCUT2D eigenvalue weighted by atomic mass is 10.2. The van der Waals surface area contributed by atoms with Crippen molar-refractivity contribution in [2.75, 3.05) is 16.1 Å². The smallest absolute Gasteiger partial charge is 0.250 e. The zero-order valence-electron chi connectivity index (χ0n) is 20.6. The van der Waals surface area contributed by atoms with E-state index < -0.39 is 0 Å². The van der Waals surface area contributed by atoms with Crippen molar-refractivity contribution in [3.05, 3.63) is 124 Å². The molecule has 5 aromatic rings. The second kappa shape index (κ2) is 12.9. The number of rotatable bonds is 10. The van der Waals surface area contributed by atoms with Gasteiger partial charge in [-0.3, -0.25) is 0 Å². The van der Waals surface area contributed by atoms with Crippen molar-refractivity contribution in [1.29, 1.82) is 0 Å². The molecule has 0 unspecified atom stereocenters. The molecule has 0 radical (unpaired) electrons. The van der Waals surface area contributed by atoms with E-state index in [9.17, 15) is 0 Å². The number of aromatic nitrogens is 3. The van der Waals surface area contributed by atoms with Gasteiger partial charge in [0.25, 0.3) is 0 Å². The third kappa shape index (κ3) is 7.76. The minimum Gasteiger partial charge on any atom is -0.488 e. The van der Waals surface area contributed by atoms with Crippen molar-refractivity contribution in [3.8, 4) is 5.75 Å². The number of benzene rings is 4. The minimum absolute atomic E-state index is 0.261. The molecule has 1 heterocycles. The number of anilines is 5. The molecule has 0 saturated heterocycles. The minimum atomic E-state index is 0.261. The highest BCUT2D eigenvalue weighted by Crippen LogP contribution is 2.24. The molecule has 0 aliphatic heterocycles. The van der Waals surface area contributed by atoms with Crippen LogP contribution in [0, 0.1) is 0 Å². The molecule has 1 aromatic heterocycles. The summed E-state index contributed by atoms with van der Waals surface area (Å²) in [5.74, 6) is 1.66. The Balaban J connectivity index is 1.34. The normalized spacial score (nSPS) is 10.8. The summed E-state index contributed by atoms with van der Waals surface area (Å²) >= 11 is 9.50. The van der Waals surface area contributed by atoms with Crippen LogP contribution >= 0.6 is 27.5 Å². The van der Waals surface area contributed by atoms with E-state index in [0.29, 0.717) is 29.3 Å². The highest BCUT2D eigenvalue weighted by Gasteiger charge is 2.08. The van der Waals surface area contributed by atoms with E-state index in [1.54, 1.807) is 6.21 Å². The van der Waals surface area contributed by atoms with E-state index >= 15 is 0 Å². The number of hydrazone groups is 1. The Bertz CT molecular complexity index is 1490. The fraction of sp³-hybridized carbons (Fsp3) is 0.0345. The lowest BCUT2D eigenvalue weighted by molar-refractivity contribution is 0.306. The first-order valence-electron chi connectivity index (χ1n) is 12.0. The highest BCUT2D eigenvalue weighted by atomic mass is 79.9. The highest BCUT2D eigenvalue weighted by molar-refractivity contribution is 9.10. The van der Waals surface area contributed by atoms with E-state index in [1.165, 1.54) is 0 Å². The van der Waals surface area contributed by atoms with Crippen LogP contribution in [0.4, 0.5) is 29.2 Å². The molecule has 39 heavy (non-hydrogen) atoms. The fourth-order valence-corrected chi connectivity index (χ4v) is 4.00.